The van der Waals surface area contributed by atoms with E-state index in [0.717, 1.165) is 22.2 Å². The molecule has 1 aromatic heterocycles. The standard InChI is InChI=1S/C18H17Cl2N3OS/c1-2-24-10-11-25-18-22-21-17(15-9-8-13(19)12-16(15)20)23(18)14-6-4-3-5-7-14/h3-9,12H,2,10-11H2,1H3. The first-order valence-electron chi connectivity index (χ1n) is 7.87. The molecule has 0 aliphatic heterocycles. The highest BCUT2D eigenvalue weighted by Crippen LogP contribution is 2.33. The van der Waals surface area contributed by atoms with Crippen LogP contribution in [0.1, 0.15) is 6.92 Å². The fraction of sp³-hybridized carbons (Fsp3) is 0.222. The van der Waals surface area contributed by atoms with E-state index < -0.39 is 0 Å². The minimum absolute atomic E-state index is 0.544. The summed E-state index contributed by atoms with van der Waals surface area (Å²) in [5.74, 6) is 1.49. The minimum Gasteiger partial charge on any atom is -0.381 e. The molecule has 0 radical (unpaired) electrons. The van der Waals surface area contributed by atoms with Gasteiger partial charge in [-0.05, 0) is 37.3 Å². The average molecular weight is 394 g/mol. The quantitative estimate of drug-likeness (QED) is 0.399. The smallest absolute Gasteiger partial charge is 0.196 e. The lowest BCUT2D eigenvalue weighted by Crippen LogP contribution is -2.02. The molecule has 0 bridgehead atoms. The number of nitrogens with zero attached hydrogens (tertiary/aromatic N) is 3. The molecule has 0 aliphatic carbocycles. The highest BCUT2D eigenvalue weighted by atomic mass is 35.5. The maximum Gasteiger partial charge on any atom is 0.196 e. The minimum atomic E-state index is 0.544. The van der Waals surface area contributed by atoms with Crippen LogP contribution in [0, 0.1) is 0 Å². The molecule has 0 spiro atoms. The summed E-state index contributed by atoms with van der Waals surface area (Å²) in [6.07, 6.45) is 0. The molecule has 25 heavy (non-hydrogen) atoms. The molecule has 130 valence electrons. The molecule has 0 unspecified atom stereocenters. The van der Waals surface area contributed by atoms with Gasteiger partial charge in [-0.3, -0.25) is 4.57 Å². The van der Waals surface area contributed by atoms with E-state index in [-0.39, 0.29) is 0 Å². The molecule has 0 N–H and O–H groups in total. The Morgan fingerprint density at radius 1 is 1.08 bits per heavy atom. The highest BCUT2D eigenvalue weighted by molar-refractivity contribution is 7.99. The van der Waals surface area contributed by atoms with E-state index in [1.54, 1.807) is 23.9 Å². The molecular weight excluding hydrogens is 377 g/mol. The monoisotopic (exact) mass is 393 g/mol. The Bertz CT molecular complexity index is 840. The molecule has 7 heteroatoms. The zero-order valence-electron chi connectivity index (χ0n) is 13.7. The highest BCUT2D eigenvalue weighted by Gasteiger charge is 2.18. The number of rotatable bonds is 7. The Morgan fingerprint density at radius 3 is 2.60 bits per heavy atom. The van der Waals surface area contributed by atoms with Gasteiger partial charge >= 0.3 is 0 Å². The van der Waals surface area contributed by atoms with Crippen molar-refractivity contribution in [2.75, 3.05) is 19.0 Å². The Morgan fingerprint density at radius 2 is 1.88 bits per heavy atom. The van der Waals surface area contributed by atoms with Crippen molar-refractivity contribution in [1.82, 2.24) is 14.8 Å². The third-order valence-corrected chi connectivity index (χ3v) is 4.92. The predicted octanol–water partition coefficient (Wildman–Crippen LogP) is 5.37. The van der Waals surface area contributed by atoms with Crippen LogP contribution in [0.2, 0.25) is 10.0 Å². The van der Waals surface area contributed by atoms with Crippen molar-refractivity contribution in [3.8, 4) is 17.1 Å². The Labute approximate surface area is 161 Å². The third kappa shape index (κ3) is 4.36. The first-order chi connectivity index (χ1) is 12.2. The molecule has 1 heterocycles. The normalized spacial score (nSPS) is 11.0. The SMILES string of the molecule is CCOCCSc1nnc(-c2ccc(Cl)cc2Cl)n1-c1ccccc1. The molecular formula is C18H17Cl2N3OS. The van der Waals surface area contributed by atoms with E-state index >= 15 is 0 Å². The van der Waals surface area contributed by atoms with Gasteiger partial charge < -0.3 is 4.74 Å². The van der Waals surface area contributed by atoms with Crippen LogP contribution in [0.5, 0.6) is 0 Å². The largest absolute Gasteiger partial charge is 0.381 e. The summed E-state index contributed by atoms with van der Waals surface area (Å²) in [6, 6.07) is 15.4. The summed E-state index contributed by atoms with van der Waals surface area (Å²) in [5, 5.41) is 10.7. The van der Waals surface area contributed by atoms with Crippen LogP contribution >= 0.6 is 35.0 Å². The molecule has 0 fully saturated rings. The van der Waals surface area contributed by atoms with Gasteiger partial charge in [-0.15, -0.1) is 10.2 Å². The Kier molecular flexibility index (Phi) is 6.37. The van der Waals surface area contributed by atoms with Crippen molar-refractivity contribution >= 4 is 35.0 Å². The van der Waals surface area contributed by atoms with Gasteiger partial charge in [0.1, 0.15) is 0 Å². The van der Waals surface area contributed by atoms with Gasteiger partial charge in [-0.1, -0.05) is 53.2 Å². The lowest BCUT2D eigenvalue weighted by molar-refractivity contribution is 0.164. The Hall–Kier alpha value is -1.53. The molecule has 0 amide bonds. The van der Waals surface area contributed by atoms with Crippen LogP contribution in [-0.4, -0.2) is 33.7 Å². The van der Waals surface area contributed by atoms with E-state index in [1.807, 2.05) is 47.9 Å². The molecule has 3 aromatic rings. The number of aromatic nitrogens is 3. The molecule has 4 nitrogen and oxygen atoms in total. The second-order valence-corrected chi connectivity index (χ2v) is 7.05. The lowest BCUT2D eigenvalue weighted by atomic mass is 10.2. The van der Waals surface area contributed by atoms with E-state index in [1.165, 1.54) is 0 Å². The van der Waals surface area contributed by atoms with Crippen LogP contribution in [0.25, 0.3) is 17.1 Å². The zero-order chi connectivity index (χ0) is 17.6. The van der Waals surface area contributed by atoms with Crippen molar-refractivity contribution in [3.63, 3.8) is 0 Å². The summed E-state index contributed by atoms with van der Waals surface area (Å²) >= 11 is 14.0. The van der Waals surface area contributed by atoms with Crippen molar-refractivity contribution in [3.05, 3.63) is 58.6 Å². The molecule has 3 rings (SSSR count). The van der Waals surface area contributed by atoms with Gasteiger partial charge in [0.05, 0.1) is 11.6 Å². The first-order valence-corrected chi connectivity index (χ1v) is 9.61. The molecule has 0 saturated heterocycles. The van der Waals surface area contributed by atoms with Crippen LogP contribution in [0.15, 0.2) is 53.7 Å². The molecule has 0 aliphatic rings. The number of hydrogen-bond acceptors (Lipinski definition) is 4. The first kappa shape index (κ1) is 18.3. The maximum atomic E-state index is 6.39. The fourth-order valence-corrected chi connectivity index (χ4v) is 3.65. The van der Waals surface area contributed by atoms with Gasteiger partial charge in [0, 0.05) is 28.6 Å². The summed E-state index contributed by atoms with van der Waals surface area (Å²) in [5.41, 5.74) is 1.77. The van der Waals surface area contributed by atoms with Crippen molar-refractivity contribution in [2.45, 2.75) is 12.1 Å². The maximum absolute atomic E-state index is 6.39. The number of thioether (sulfide) groups is 1. The third-order valence-electron chi connectivity index (χ3n) is 3.48. The number of halogens is 2. The van der Waals surface area contributed by atoms with Gasteiger partial charge in [-0.25, -0.2) is 0 Å². The average Bonchev–Trinajstić information content (AvgIpc) is 3.03. The second-order valence-electron chi connectivity index (χ2n) is 5.15. The van der Waals surface area contributed by atoms with Crippen LogP contribution in [0.4, 0.5) is 0 Å². The van der Waals surface area contributed by atoms with Crippen LogP contribution in [0.3, 0.4) is 0 Å². The summed E-state index contributed by atoms with van der Waals surface area (Å²) in [7, 11) is 0. The predicted molar refractivity (Wildman–Crippen MR) is 104 cm³/mol. The zero-order valence-corrected chi connectivity index (χ0v) is 16.0. The van der Waals surface area contributed by atoms with E-state index in [9.17, 15) is 0 Å². The Balaban J connectivity index is 2.02. The van der Waals surface area contributed by atoms with Gasteiger partial charge in [-0.2, -0.15) is 0 Å². The van der Waals surface area contributed by atoms with Crippen molar-refractivity contribution in [1.29, 1.82) is 0 Å². The van der Waals surface area contributed by atoms with Gasteiger partial charge in [0.25, 0.3) is 0 Å². The van der Waals surface area contributed by atoms with Gasteiger partial charge in [0.2, 0.25) is 0 Å². The van der Waals surface area contributed by atoms with Crippen LogP contribution < -0.4 is 0 Å². The summed E-state index contributed by atoms with van der Waals surface area (Å²) in [6.45, 7) is 3.36. The van der Waals surface area contributed by atoms with Crippen molar-refractivity contribution in [2.24, 2.45) is 0 Å². The second kappa shape index (κ2) is 8.72. The van der Waals surface area contributed by atoms with E-state index in [4.69, 9.17) is 27.9 Å². The lowest BCUT2D eigenvalue weighted by Gasteiger charge is -2.11. The molecule has 0 saturated carbocycles. The number of para-hydroxylation sites is 1. The van der Waals surface area contributed by atoms with E-state index in [2.05, 4.69) is 10.2 Å². The van der Waals surface area contributed by atoms with Gasteiger partial charge in [0.15, 0.2) is 11.0 Å². The number of hydrogen-bond donors (Lipinski definition) is 0. The molecule has 0 atom stereocenters. The number of ether oxygens (including phenoxy) is 1. The van der Waals surface area contributed by atoms with E-state index in [0.29, 0.717) is 29.1 Å². The topological polar surface area (TPSA) is 39.9 Å². The fourth-order valence-electron chi connectivity index (χ4n) is 2.35. The van der Waals surface area contributed by atoms with Crippen LogP contribution in [-0.2, 0) is 4.74 Å². The summed E-state index contributed by atoms with van der Waals surface area (Å²) in [4.78, 5) is 0. The van der Waals surface area contributed by atoms with Crippen molar-refractivity contribution < 1.29 is 4.74 Å². The number of benzene rings is 2. The summed E-state index contributed by atoms with van der Waals surface area (Å²) < 4.78 is 7.42. The molecule has 2 aromatic carbocycles.